The summed E-state index contributed by atoms with van der Waals surface area (Å²) < 4.78 is 30.2. The van der Waals surface area contributed by atoms with E-state index in [0.29, 0.717) is 12.8 Å². The van der Waals surface area contributed by atoms with Crippen molar-refractivity contribution < 1.29 is 33.6 Å². The van der Waals surface area contributed by atoms with Crippen molar-refractivity contribution in [1.82, 2.24) is 0 Å². The Bertz CT molecular complexity index is 805. The van der Waals surface area contributed by atoms with Gasteiger partial charge in [0.1, 0.15) is 0 Å². The summed E-state index contributed by atoms with van der Waals surface area (Å²) in [5, 5.41) is 11.3. The number of ether oxygens (including phenoxy) is 5. The summed E-state index contributed by atoms with van der Waals surface area (Å²) in [7, 11) is 1.45. The van der Waals surface area contributed by atoms with Crippen molar-refractivity contribution in [3.05, 3.63) is 12.2 Å². The fourth-order valence-corrected chi connectivity index (χ4v) is 7.98. The minimum Gasteiger partial charge on any atom is -0.469 e. The fourth-order valence-electron chi connectivity index (χ4n) is 7.98. The van der Waals surface area contributed by atoms with E-state index in [4.69, 9.17) is 23.7 Å². The second-order valence-corrected chi connectivity index (χ2v) is 13.8. The van der Waals surface area contributed by atoms with Crippen LogP contribution in [0.15, 0.2) is 12.2 Å². The molecular weight excluding hydrogens is 532 g/mol. The van der Waals surface area contributed by atoms with Crippen LogP contribution >= 0.6 is 0 Å². The van der Waals surface area contributed by atoms with Crippen LogP contribution in [0, 0.1) is 23.2 Å². The first-order chi connectivity index (χ1) is 20.4. The molecule has 0 radical (unpaired) electrons. The molecule has 0 amide bonds. The molecule has 4 unspecified atom stereocenters. The lowest BCUT2D eigenvalue weighted by Crippen LogP contribution is -2.37. The van der Waals surface area contributed by atoms with Gasteiger partial charge in [0.15, 0.2) is 12.6 Å². The summed E-state index contributed by atoms with van der Waals surface area (Å²) in [6, 6.07) is 0. The van der Waals surface area contributed by atoms with Crippen LogP contribution in [0.2, 0.25) is 0 Å². The lowest BCUT2D eigenvalue weighted by atomic mass is 9.79. The van der Waals surface area contributed by atoms with E-state index in [-0.39, 0.29) is 54.1 Å². The first kappa shape index (κ1) is 33.9. The molecule has 0 aromatic carbocycles. The van der Waals surface area contributed by atoms with Crippen molar-refractivity contribution in [3.8, 4) is 0 Å². The highest BCUT2D eigenvalue weighted by Crippen LogP contribution is 2.48. The number of aliphatic hydroxyl groups excluding tert-OH is 1. The Morgan fingerprint density at radius 2 is 1.74 bits per heavy atom. The fraction of sp³-hybridized carbons (Fsp3) is 0.914. The van der Waals surface area contributed by atoms with Crippen LogP contribution in [0.4, 0.5) is 0 Å². The molecule has 7 heteroatoms. The van der Waals surface area contributed by atoms with E-state index in [0.717, 1.165) is 89.8 Å². The number of hydrogen-bond donors (Lipinski definition) is 1. The summed E-state index contributed by atoms with van der Waals surface area (Å²) in [4.78, 5) is 11.5. The van der Waals surface area contributed by atoms with Gasteiger partial charge < -0.3 is 28.8 Å². The minimum atomic E-state index is -0.389. The lowest BCUT2D eigenvalue weighted by molar-refractivity contribution is -0.199. The molecule has 0 aromatic rings. The van der Waals surface area contributed by atoms with Gasteiger partial charge in [0.2, 0.25) is 0 Å². The van der Waals surface area contributed by atoms with E-state index in [1.807, 2.05) is 0 Å². The summed E-state index contributed by atoms with van der Waals surface area (Å²) >= 11 is 0. The van der Waals surface area contributed by atoms with Gasteiger partial charge in [-0.05, 0) is 87.9 Å². The van der Waals surface area contributed by atoms with E-state index in [1.54, 1.807) is 0 Å². The zero-order valence-corrected chi connectivity index (χ0v) is 26.8. The van der Waals surface area contributed by atoms with Crippen LogP contribution in [0.5, 0.6) is 0 Å². The zero-order chi connectivity index (χ0) is 29.8. The second-order valence-electron chi connectivity index (χ2n) is 13.8. The molecule has 7 nitrogen and oxygen atoms in total. The molecule has 0 bridgehead atoms. The van der Waals surface area contributed by atoms with Crippen LogP contribution in [-0.2, 0) is 28.5 Å². The number of carbonyl (C=O) groups excluding carboxylic acids is 1. The van der Waals surface area contributed by atoms with Crippen molar-refractivity contribution in [3.63, 3.8) is 0 Å². The topological polar surface area (TPSA) is 83.5 Å². The third kappa shape index (κ3) is 10.0. The minimum absolute atomic E-state index is 0.00856. The maximum absolute atomic E-state index is 11.5. The average molecular weight is 593 g/mol. The van der Waals surface area contributed by atoms with Gasteiger partial charge in [0.25, 0.3) is 0 Å². The molecule has 242 valence electrons. The van der Waals surface area contributed by atoms with E-state index in [1.165, 1.54) is 39.2 Å². The molecule has 4 aliphatic rings. The monoisotopic (exact) mass is 592 g/mol. The SMILES string of the molecule is CCCC1CCC(C)([C@@H](C=C[C@@H]2[C@@H](CCCCCCC(=O)OC)[C@@H](O)C[C@H]2OC2CCCCO2)OC2CCCCO2)C1. The molecule has 4 rings (SSSR count). The maximum atomic E-state index is 11.5. The van der Waals surface area contributed by atoms with Gasteiger partial charge in [-0.25, -0.2) is 0 Å². The highest BCUT2D eigenvalue weighted by atomic mass is 16.7. The largest absolute Gasteiger partial charge is 0.469 e. The van der Waals surface area contributed by atoms with Crippen LogP contribution in [-0.4, -0.2) is 62.3 Å². The Labute approximate surface area is 255 Å². The number of esters is 1. The molecule has 2 aliphatic heterocycles. The van der Waals surface area contributed by atoms with E-state index in [2.05, 4.69) is 26.0 Å². The Balaban J connectivity index is 1.46. The highest BCUT2D eigenvalue weighted by molar-refractivity contribution is 5.68. The van der Waals surface area contributed by atoms with Crippen molar-refractivity contribution in [2.24, 2.45) is 23.2 Å². The summed E-state index contributed by atoms with van der Waals surface area (Å²) in [6.45, 7) is 6.24. The molecular formula is C35H60O7. The molecule has 0 spiro atoms. The molecule has 2 saturated carbocycles. The number of methoxy groups -OCH3 is 1. The van der Waals surface area contributed by atoms with Crippen molar-refractivity contribution in [2.45, 2.75) is 160 Å². The molecule has 2 heterocycles. The van der Waals surface area contributed by atoms with Crippen LogP contribution in [0.1, 0.15) is 129 Å². The molecule has 9 atom stereocenters. The van der Waals surface area contributed by atoms with E-state index >= 15 is 0 Å². The predicted molar refractivity (Wildman–Crippen MR) is 164 cm³/mol. The Morgan fingerprint density at radius 3 is 2.43 bits per heavy atom. The molecule has 2 aliphatic carbocycles. The van der Waals surface area contributed by atoms with Crippen LogP contribution in [0.25, 0.3) is 0 Å². The third-order valence-electron chi connectivity index (χ3n) is 10.5. The third-order valence-corrected chi connectivity index (χ3v) is 10.5. The average Bonchev–Trinajstić information content (AvgIpc) is 3.52. The standard InChI is InChI=1S/C35H60O7/c1-4-13-26-20-21-35(2,25-26)31(42-34-17-10-12-23-40-34)19-18-28-27(14-7-5-6-8-15-32(37)38-3)29(36)24-30(28)41-33-16-9-11-22-39-33/h18-19,26-31,33-34,36H,4-17,20-25H2,1-3H3/t26?,27-,28-,29+,30-,31-,33?,34?,35?/m1/s1. The molecule has 4 fully saturated rings. The van der Waals surface area contributed by atoms with E-state index in [9.17, 15) is 9.90 Å². The summed E-state index contributed by atoms with van der Waals surface area (Å²) in [6.07, 6.45) is 22.5. The smallest absolute Gasteiger partial charge is 0.305 e. The number of rotatable bonds is 16. The zero-order valence-electron chi connectivity index (χ0n) is 26.8. The first-order valence-corrected chi connectivity index (χ1v) is 17.4. The highest BCUT2D eigenvalue weighted by Gasteiger charge is 2.45. The normalized spacial score (nSPS) is 36.4. The summed E-state index contributed by atoms with van der Waals surface area (Å²) in [5.41, 5.74) is 0.0896. The number of hydrogen-bond acceptors (Lipinski definition) is 7. The van der Waals surface area contributed by atoms with Crippen LogP contribution < -0.4 is 0 Å². The van der Waals surface area contributed by atoms with Gasteiger partial charge in [-0.1, -0.05) is 58.1 Å². The van der Waals surface area contributed by atoms with Crippen molar-refractivity contribution in [1.29, 1.82) is 0 Å². The summed E-state index contributed by atoms with van der Waals surface area (Å²) in [5.74, 6) is 0.900. The maximum Gasteiger partial charge on any atom is 0.305 e. The Kier molecular flexibility index (Phi) is 14.1. The van der Waals surface area contributed by atoms with Gasteiger partial charge in [0, 0.05) is 32.0 Å². The van der Waals surface area contributed by atoms with E-state index < -0.39 is 0 Å². The molecule has 1 N–H and O–H groups in total. The van der Waals surface area contributed by atoms with Gasteiger partial charge in [-0.3, -0.25) is 4.79 Å². The van der Waals surface area contributed by atoms with Gasteiger partial charge in [-0.2, -0.15) is 0 Å². The lowest BCUT2D eigenvalue weighted by Gasteiger charge is -2.37. The second kappa shape index (κ2) is 17.5. The van der Waals surface area contributed by atoms with Gasteiger partial charge in [-0.15, -0.1) is 0 Å². The quantitative estimate of drug-likeness (QED) is 0.113. The Morgan fingerprint density at radius 1 is 1.00 bits per heavy atom. The number of carbonyl (C=O) groups is 1. The van der Waals surface area contributed by atoms with Crippen molar-refractivity contribution >= 4 is 5.97 Å². The Hall–Kier alpha value is -0.990. The molecule has 0 aromatic heterocycles. The van der Waals surface area contributed by atoms with Crippen LogP contribution in [0.3, 0.4) is 0 Å². The molecule has 42 heavy (non-hydrogen) atoms. The number of aliphatic hydroxyl groups is 1. The molecule has 2 saturated heterocycles. The number of unbranched alkanes of at least 4 members (excludes halogenated alkanes) is 3. The first-order valence-electron chi connectivity index (χ1n) is 17.4. The van der Waals surface area contributed by atoms with Gasteiger partial charge in [0.05, 0.1) is 25.4 Å². The van der Waals surface area contributed by atoms with Gasteiger partial charge >= 0.3 is 5.97 Å². The predicted octanol–water partition coefficient (Wildman–Crippen LogP) is 7.48. The van der Waals surface area contributed by atoms with Crippen molar-refractivity contribution in [2.75, 3.05) is 20.3 Å².